The van der Waals surface area contributed by atoms with Crippen molar-refractivity contribution in [3.63, 3.8) is 0 Å². The average Bonchev–Trinajstić information content (AvgIpc) is 2.53. The Morgan fingerprint density at radius 2 is 1.71 bits per heavy atom. The van der Waals surface area contributed by atoms with Gasteiger partial charge in [0.2, 0.25) is 5.91 Å². The fourth-order valence-electron chi connectivity index (χ4n) is 2.47. The van der Waals surface area contributed by atoms with E-state index in [-0.39, 0.29) is 11.7 Å². The van der Waals surface area contributed by atoms with Crippen molar-refractivity contribution in [3.05, 3.63) is 29.8 Å². The van der Waals surface area contributed by atoms with E-state index in [2.05, 4.69) is 4.90 Å². The van der Waals surface area contributed by atoms with Crippen LogP contribution >= 0.6 is 0 Å². The van der Waals surface area contributed by atoms with Crippen molar-refractivity contribution in [2.24, 2.45) is 0 Å². The van der Waals surface area contributed by atoms with Gasteiger partial charge in [-0.2, -0.15) is 0 Å². The lowest BCUT2D eigenvalue weighted by molar-refractivity contribution is -0.132. The topological polar surface area (TPSA) is 49.9 Å². The fraction of sp³-hybridized carbons (Fsp3) is 0.500. The number of nitrogens with zero attached hydrogens (tertiary/aromatic N) is 2. The van der Waals surface area contributed by atoms with Crippen molar-refractivity contribution in [2.75, 3.05) is 44.8 Å². The molecule has 1 aromatic rings. The van der Waals surface area contributed by atoms with Crippen molar-refractivity contribution >= 4 is 17.4 Å². The van der Waals surface area contributed by atoms with Gasteiger partial charge in [0.15, 0.2) is 5.78 Å². The van der Waals surface area contributed by atoms with E-state index in [9.17, 15) is 9.59 Å². The highest BCUT2D eigenvalue weighted by Gasteiger charge is 2.20. The lowest BCUT2D eigenvalue weighted by atomic mass is 10.1. The third-order valence-corrected chi connectivity index (χ3v) is 3.79. The molecule has 0 aromatic heterocycles. The third kappa shape index (κ3) is 4.04. The van der Waals surface area contributed by atoms with E-state index >= 15 is 0 Å². The Balaban J connectivity index is 1.88. The Hall–Kier alpha value is -1.88. The first-order chi connectivity index (χ1) is 10.1. The molecule has 1 aliphatic rings. The first-order valence-corrected chi connectivity index (χ1v) is 7.24. The summed E-state index contributed by atoms with van der Waals surface area (Å²) in [4.78, 5) is 27.3. The Bertz CT molecular complexity index is 491. The Labute approximate surface area is 125 Å². The molecule has 0 radical (unpaired) electrons. The molecule has 0 bridgehead atoms. The lowest BCUT2D eigenvalue weighted by Gasteiger charge is -2.36. The van der Waals surface area contributed by atoms with E-state index < -0.39 is 0 Å². The highest BCUT2D eigenvalue weighted by molar-refractivity contribution is 5.94. The number of carbonyl (C=O) groups excluding carboxylic acids is 2. The van der Waals surface area contributed by atoms with Crippen LogP contribution in [0.4, 0.5) is 5.69 Å². The molecule has 0 saturated carbocycles. The minimum Gasteiger partial charge on any atom is -0.384 e. The second-order valence-corrected chi connectivity index (χ2v) is 5.21. The predicted octanol–water partition coefficient (Wildman–Crippen LogP) is 1.57. The molecule has 0 unspecified atom stereocenters. The van der Waals surface area contributed by atoms with Crippen molar-refractivity contribution in [1.82, 2.24) is 4.90 Å². The highest BCUT2D eigenvalue weighted by Crippen LogP contribution is 2.18. The number of ketones is 1. The van der Waals surface area contributed by atoms with Gasteiger partial charge in [0, 0.05) is 44.5 Å². The van der Waals surface area contributed by atoms with Gasteiger partial charge in [0.05, 0.1) is 13.0 Å². The van der Waals surface area contributed by atoms with Crippen LogP contribution in [0.2, 0.25) is 0 Å². The van der Waals surface area contributed by atoms with E-state index in [1.165, 1.54) is 0 Å². The summed E-state index contributed by atoms with van der Waals surface area (Å²) >= 11 is 0. The molecule has 1 saturated heterocycles. The van der Waals surface area contributed by atoms with Gasteiger partial charge in [-0.15, -0.1) is 0 Å². The molecule has 21 heavy (non-hydrogen) atoms. The zero-order valence-corrected chi connectivity index (χ0v) is 12.7. The summed E-state index contributed by atoms with van der Waals surface area (Å²) in [5, 5.41) is 0. The van der Waals surface area contributed by atoms with Gasteiger partial charge in [-0.25, -0.2) is 0 Å². The number of carbonyl (C=O) groups is 2. The highest BCUT2D eigenvalue weighted by atomic mass is 16.5. The van der Waals surface area contributed by atoms with Crippen LogP contribution in [0.3, 0.4) is 0 Å². The Morgan fingerprint density at radius 3 is 2.24 bits per heavy atom. The maximum atomic E-state index is 11.9. The number of hydrogen-bond acceptors (Lipinski definition) is 4. The number of Topliss-reactive ketones (excluding diaryl/α,β-unsaturated/α-hetero) is 1. The van der Waals surface area contributed by atoms with Crippen LogP contribution in [0.25, 0.3) is 0 Å². The minimum atomic E-state index is 0.0788. The summed E-state index contributed by atoms with van der Waals surface area (Å²) in [6.45, 7) is 5.15. The van der Waals surface area contributed by atoms with E-state index in [1.807, 2.05) is 29.2 Å². The smallest absolute Gasteiger partial charge is 0.225 e. The predicted molar refractivity (Wildman–Crippen MR) is 81.7 cm³/mol. The van der Waals surface area contributed by atoms with Crippen LogP contribution in [-0.4, -0.2) is 56.5 Å². The van der Waals surface area contributed by atoms with Crippen LogP contribution in [0, 0.1) is 0 Å². The molecule has 2 rings (SSSR count). The number of rotatable bonds is 5. The normalized spacial score (nSPS) is 15.1. The number of benzene rings is 1. The van der Waals surface area contributed by atoms with E-state index in [0.717, 1.165) is 37.4 Å². The Morgan fingerprint density at radius 1 is 1.10 bits per heavy atom. The van der Waals surface area contributed by atoms with Crippen LogP contribution in [0.1, 0.15) is 23.7 Å². The van der Waals surface area contributed by atoms with Gasteiger partial charge in [-0.1, -0.05) is 0 Å². The minimum absolute atomic E-state index is 0.0788. The third-order valence-electron chi connectivity index (χ3n) is 3.79. The van der Waals surface area contributed by atoms with Crippen molar-refractivity contribution in [1.29, 1.82) is 0 Å². The molecule has 1 aromatic carbocycles. The van der Waals surface area contributed by atoms with Crippen LogP contribution < -0.4 is 4.90 Å². The number of methoxy groups -OCH3 is 1. The van der Waals surface area contributed by atoms with Crippen molar-refractivity contribution in [3.8, 4) is 0 Å². The molecule has 1 aliphatic heterocycles. The molecule has 1 heterocycles. The molecule has 5 nitrogen and oxygen atoms in total. The molecule has 0 spiro atoms. The number of hydrogen-bond donors (Lipinski definition) is 0. The zero-order chi connectivity index (χ0) is 15.2. The largest absolute Gasteiger partial charge is 0.384 e. The average molecular weight is 290 g/mol. The summed E-state index contributed by atoms with van der Waals surface area (Å²) in [7, 11) is 1.61. The molecule has 114 valence electrons. The monoisotopic (exact) mass is 290 g/mol. The van der Waals surface area contributed by atoms with E-state index in [1.54, 1.807) is 14.0 Å². The van der Waals surface area contributed by atoms with Crippen LogP contribution in [0.5, 0.6) is 0 Å². The SMILES string of the molecule is COCCC(=O)N1CCN(c2ccc(C(C)=O)cc2)CC1. The zero-order valence-electron chi connectivity index (χ0n) is 12.7. The summed E-state index contributed by atoms with van der Waals surface area (Å²) in [6.07, 6.45) is 0.448. The standard InChI is InChI=1S/C16H22N2O3/c1-13(19)14-3-5-15(6-4-14)17-8-10-18(11-9-17)16(20)7-12-21-2/h3-6H,7-12H2,1-2H3. The van der Waals surface area contributed by atoms with Crippen molar-refractivity contribution in [2.45, 2.75) is 13.3 Å². The molecular weight excluding hydrogens is 268 g/mol. The summed E-state index contributed by atoms with van der Waals surface area (Å²) in [6, 6.07) is 7.65. The molecule has 5 heteroatoms. The van der Waals surface area contributed by atoms with Crippen molar-refractivity contribution < 1.29 is 14.3 Å². The van der Waals surface area contributed by atoms with Gasteiger partial charge >= 0.3 is 0 Å². The van der Waals surface area contributed by atoms with Gasteiger partial charge in [-0.05, 0) is 31.2 Å². The van der Waals surface area contributed by atoms with Gasteiger partial charge in [0.25, 0.3) is 0 Å². The number of piperazine rings is 1. The maximum Gasteiger partial charge on any atom is 0.225 e. The molecule has 0 atom stereocenters. The molecular formula is C16H22N2O3. The van der Waals surface area contributed by atoms with Crippen LogP contribution in [0.15, 0.2) is 24.3 Å². The summed E-state index contributed by atoms with van der Waals surface area (Å²) in [5.41, 5.74) is 1.83. The van der Waals surface area contributed by atoms with Gasteiger partial charge < -0.3 is 14.5 Å². The second-order valence-electron chi connectivity index (χ2n) is 5.21. The molecule has 1 fully saturated rings. The number of amides is 1. The van der Waals surface area contributed by atoms with E-state index in [0.29, 0.717) is 13.0 Å². The second kappa shape index (κ2) is 7.22. The first kappa shape index (κ1) is 15.5. The fourth-order valence-corrected chi connectivity index (χ4v) is 2.47. The maximum absolute atomic E-state index is 11.9. The number of ether oxygens (including phenoxy) is 1. The van der Waals surface area contributed by atoms with E-state index in [4.69, 9.17) is 4.74 Å². The summed E-state index contributed by atoms with van der Waals surface area (Å²) < 4.78 is 4.94. The quantitative estimate of drug-likeness (QED) is 0.773. The molecule has 1 amide bonds. The number of anilines is 1. The molecule has 0 N–H and O–H groups in total. The lowest BCUT2D eigenvalue weighted by Crippen LogP contribution is -2.49. The van der Waals surface area contributed by atoms with Gasteiger partial charge in [-0.3, -0.25) is 9.59 Å². The Kier molecular flexibility index (Phi) is 5.33. The first-order valence-electron chi connectivity index (χ1n) is 7.24. The summed E-state index contributed by atoms with van der Waals surface area (Å²) in [5.74, 6) is 0.235. The molecule has 0 aliphatic carbocycles. The van der Waals surface area contributed by atoms with Gasteiger partial charge in [0.1, 0.15) is 0 Å². The van der Waals surface area contributed by atoms with Crippen LogP contribution in [-0.2, 0) is 9.53 Å².